The van der Waals surface area contributed by atoms with E-state index in [1.54, 1.807) is 0 Å². The van der Waals surface area contributed by atoms with Crippen LogP contribution >= 0.6 is 0 Å². The summed E-state index contributed by atoms with van der Waals surface area (Å²) in [6.07, 6.45) is 1.84. The lowest BCUT2D eigenvalue weighted by Crippen LogP contribution is -2.20. The highest BCUT2D eigenvalue weighted by atomic mass is 16.1. The molecular weight excluding hydrogens is 214 g/mol. The van der Waals surface area contributed by atoms with E-state index in [0.29, 0.717) is 0 Å². The molecule has 0 atom stereocenters. The number of nitrogens with one attached hydrogen (secondary N) is 1. The molecule has 2 rings (SSSR count). The normalized spacial score (nSPS) is 11.8. The van der Waals surface area contributed by atoms with E-state index < -0.39 is 0 Å². The van der Waals surface area contributed by atoms with Gasteiger partial charge in [0.25, 0.3) is 0 Å². The van der Waals surface area contributed by atoms with Crippen molar-refractivity contribution in [1.82, 2.24) is 9.55 Å². The van der Waals surface area contributed by atoms with E-state index in [-0.39, 0.29) is 11.4 Å². The van der Waals surface area contributed by atoms with E-state index in [9.17, 15) is 4.79 Å². The van der Waals surface area contributed by atoms with Crippen LogP contribution in [-0.4, -0.2) is 15.5 Å². The first-order chi connectivity index (χ1) is 7.88. The van der Waals surface area contributed by atoms with Gasteiger partial charge in [-0.15, -0.1) is 0 Å². The van der Waals surface area contributed by atoms with Crippen LogP contribution in [0.3, 0.4) is 0 Å². The zero-order chi connectivity index (χ0) is 12.6. The SMILES string of the molecule is CC(=O)Nc1ccc2c(c1)ncn2C(C)(C)C. The molecule has 1 aromatic carbocycles. The Labute approximate surface area is 101 Å². The number of anilines is 1. The van der Waals surface area contributed by atoms with E-state index in [1.807, 2.05) is 24.5 Å². The summed E-state index contributed by atoms with van der Waals surface area (Å²) in [7, 11) is 0. The van der Waals surface area contributed by atoms with Gasteiger partial charge in [-0.05, 0) is 39.0 Å². The number of aromatic nitrogens is 2. The van der Waals surface area contributed by atoms with E-state index in [1.165, 1.54) is 6.92 Å². The van der Waals surface area contributed by atoms with Crippen LogP contribution in [-0.2, 0) is 10.3 Å². The molecule has 90 valence electrons. The summed E-state index contributed by atoms with van der Waals surface area (Å²) in [5, 5.41) is 2.76. The Morgan fingerprint density at radius 3 is 2.65 bits per heavy atom. The van der Waals surface area contributed by atoms with Crippen LogP contribution in [0.1, 0.15) is 27.7 Å². The summed E-state index contributed by atoms with van der Waals surface area (Å²) in [6, 6.07) is 5.77. The van der Waals surface area contributed by atoms with Crippen molar-refractivity contribution in [2.24, 2.45) is 0 Å². The minimum absolute atomic E-state index is 0.00424. The summed E-state index contributed by atoms with van der Waals surface area (Å²) in [4.78, 5) is 15.3. The van der Waals surface area contributed by atoms with Crippen molar-refractivity contribution in [2.75, 3.05) is 5.32 Å². The monoisotopic (exact) mass is 231 g/mol. The standard InChI is InChI=1S/C13H17N3O/c1-9(17)15-10-5-6-12-11(7-10)14-8-16(12)13(2,3)4/h5-8H,1-4H3,(H,15,17). The lowest BCUT2D eigenvalue weighted by Gasteiger charge is -2.21. The first-order valence-corrected chi connectivity index (χ1v) is 5.63. The summed E-state index contributed by atoms with van der Waals surface area (Å²) < 4.78 is 2.12. The number of hydrogen-bond donors (Lipinski definition) is 1. The number of rotatable bonds is 1. The van der Waals surface area contributed by atoms with E-state index >= 15 is 0 Å². The molecule has 0 aliphatic heterocycles. The van der Waals surface area contributed by atoms with Crippen LogP contribution in [0, 0.1) is 0 Å². The molecule has 0 aliphatic carbocycles. The Bertz CT molecular complexity index is 564. The molecule has 0 saturated heterocycles. The Morgan fingerprint density at radius 1 is 1.35 bits per heavy atom. The molecule has 0 saturated carbocycles. The Morgan fingerprint density at radius 2 is 2.06 bits per heavy atom. The van der Waals surface area contributed by atoms with Gasteiger partial charge < -0.3 is 9.88 Å². The van der Waals surface area contributed by atoms with Crippen molar-refractivity contribution in [3.8, 4) is 0 Å². The van der Waals surface area contributed by atoms with Gasteiger partial charge >= 0.3 is 0 Å². The maximum absolute atomic E-state index is 11.0. The largest absolute Gasteiger partial charge is 0.326 e. The maximum Gasteiger partial charge on any atom is 0.221 e. The number of amides is 1. The van der Waals surface area contributed by atoms with Crippen molar-refractivity contribution in [2.45, 2.75) is 33.2 Å². The Balaban J connectivity index is 2.48. The van der Waals surface area contributed by atoms with Crippen molar-refractivity contribution in [1.29, 1.82) is 0 Å². The van der Waals surface area contributed by atoms with Crippen molar-refractivity contribution < 1.29 is 4.79 Å². The molecule has 17 heavy (non-hydrogen) atoms. The third kappa shape index (κ3) is 2.30. The molecular formula is C13H17N3O. The van der Waals surface area contributed by atoms with Gasteiger partial charge in [-0.1, -0.05) is 0 Å². The molecule has 0 unspecified atom stereocenters. The summed E-state index contributed by atoms with van der Waals surface area (Å²) in [5.41, 5.74) is 2.76. The third-order valence-electron chi connectivity index (χ3n) is 2.59. The van der Waals surface area contributed by atoms with Crippen LogP contribution in [0.15, 0.2) is 24.5 Å². The second-order valence-corrected chi connectivity index (χ2v) is 5.17. The molecule has 1 heterocycles. The van der Waals surface area contributed by atoms with Gasteiger partial charge in [0.2, 0.25) is 5.91 Å². The first kappa shape index (κ1) is 11.6. The van der Waals surface area contributed by atoms with E-state index in [0.717, 1.165) is 16.7 Å². The fourth-order valence-corrected chi connectivity index (χ4v) is 1.83. The average Bonchev–Trinajstić information content (AvgIpc) is 2.58. The second kappa shape index (κ2) is 3.87. The minimum Gasteiger partial charge on any atom is -0.326 e. The number of imidazole rings is 1. The molecule has 4 heteroatoms. The zero-order valence-corrected chi connectivity index (χ0v) is 10.6. The zero-order valence-electron chi connectivity index (χ0n) is 10.6. The van der Waals surface area contributed by atoms with E-state index in [2.05, 4.69) is 35.6 Å². The second-order valence-electron chi connectivity index (χ2n) is 5.17. The van der Waals surface area contributed by atoms with Gasteiger partial charge in [0, 0.05) is 18.2 Å². The number of nitrogens with zero attached hydrogens (tertiary/aromatic N) is 2. The number of benzene rings is 1. The molecule has 1 amide bonds. The van der Waals surface area contributed by atoms with Gasteiger partial charge in [-0.25, -0.2) is 4.98 Å². The van der Waals surface area contributed by atoms with Crippen LogP contribution < -0.4 is 5.32 Å². The summed E-state index contributed by atoms with van der Waals surface area (Å²) in [6.45, 7) is 7.90. The van der Waals surface area contributed by atoms with E-state index in [4.69, 9.17) is 0 Å². The van der Waals surface area contributed by atoms with Crippen LogP contribution in [0.25, 0.3) is 11.0 Å². The van der Waals surface area contributed by atoms with Crippen molar-refractivity contribution >= 4 is 22.6 Å². The maximum atomic E-state index is 11.0. The highest BCUT2D eigenvalue weighted by molar-refractivity contribution is 5.91. The minimum atomic E-state index is -0.0698. The molecule has 4 nitrogen and oxygen atoms in total. The van der Waals surface area contributed by atoms with Crippen LogP contribution in [0.2, 0.25) is 0 Å². The van der Waals surface area contributed by atoms with Crippen LogP contribution in [0.4, 0.5) is 5.69 Å². The van der Waals surface area contributed by atoms with Crippen molar-refractivity contribution in [3.05, 3.63) is 24.5 Å². The molecule has 2 aromatic rings. The average molecular weight is 231 g/mol. The topological polar surface area (TPSA) is 46.9 Å². The Kier molecular flexibility index (Phi) is 2.65. The number of fused-ring (bicyclic) bond motifs is 1. The van der Waals surface area contributed by atoms with Gasteiger partial charge in [0.1, 0.15) is 0 Å². The highest BCUT2D eigenvalue weighted by Crippen LogP contribution is 2.24. The summed E-state index contributed by atoms with van der Waals surface area (Å²) >= 11 is 0. The van der Waals surface area contributed by atoms with Gasteiger partial charge in [-0.3, -0.25) is 4.79 Å². The third-order valence-corrected chi connectivity index (χ3v) is 2.59. The van der Waals surface area contributed by atoms with Gasteiger partial charge in [0.05, 0.1) is 17.4 Å². The van der Waals surface area contributed by atoms with Gasteiger partial charge in [-0.2, -0.15) is 0 Å². The number of carbonyl (C=O) groups excluding carboxylic acids is 1. The first-order valence-electron chi connectivity index (χ1n) is 5.63. The molecule has 0 fully saturated rings. The quantitative estimate of drug-likeness (QED) is 0.820. The molecule has 0 aliphatic rings. The number of carbonyl (C=O) groups is 1. The fourth-order valence-electron chi connectivity index (χ4n) is 1.83. The lowest BCUT2D eigenvalue weighted by atomic mass is 10.1. The predicted octanol–water partition coefficient (Wildman–Crippen LogP) is 2.75. The lowest BCUT2D eigenvalue weighted by molar-refractivity contribution is -0.114. The summed E-state index contributed by atoms with van der Waals surface area (Å²) in [5.74, 6) is -0.0698. The smallest absolute Gasteiger partial charge is 0.221 e. The molecule has 0 radical (unpaired) electrons. The predicted molar refractivity (Wildman–Crippen MR) is 69.0 cm³/mol. The fraction of sp³-hybridized carbons (Fsp3) is 0.385. The van der Waals surface area contributed by atoms with Crippen molar-refractivity contribution in [3.63, 3.8) is 0 Å². The molecule has 0 bridgehead atoms. The molecule has 0 spiro atoms. The Hall–Kier alpha value is -1.84. The molecule has 1 aromatic heterocycles. The number of hydrogen-bond acceptors (Lipinski definition) is 2. The van der Waals surface area contributed by atoms with Crippen LogP contribution in [0.5, 0.6) is 0 Å². The molecule has 1 N–H and O–H groups in total. The van der Waals surface area contributed by atoms with Gasteiger partial charge in [0.15, 0.2) is 0 Å². The highest BCUT2D eigenvalue weighted by Gasteiger charge is 2.15.